The first kappa shape index (κ1) is 23.1. The van der Waals surface area contributed by atoms with E-state index < -0.39 is 0 Å². The summed E-state index contributed by atoms with van der Waals surface area (Å²) >= 11 is 0. The number of aliphatic imine (C=N–C) groups is 1. The maximum Gasteiger partial charge on any atom is 0.191 e. The van der Waals surface area contributed by atoms with E-state index in [-0.39, 0.29) is 0 Å². The molecule has 0 unspecified atom stereocenters. The van der Waals surface area contributed by atoms with Crippen LogP contribution in [-0.2, 0) is 11.3 Å². The van der Waals surface area contributed by atoms with Gasteiger partial charge in [0.25, 0.3) is 0 Å². The Balaban J connectivity index is 2.14. The molecule has 1 aliphatic carbocycles. The van der Waals surface area contributed by atoms with E-state index >= 15 is 0 Å². The monoisotopic (exact) mass is 407 g/mol. The van der Waals surface area contributed by atoms with Crippen LogP contribution in [0.5, 0.6) is 17.2 Å². The van der Waals surface area contributed by atoms with E-state index in [1.165, 1.54) is 25.7 Å². The van der Waals surface area contributed by atoms with Gasteiger partial charge >= 0.3 is 0 Å². The number of methoxy groups -OCH3 is 4. The van der Waals surface area contributed by atoms with Crippen LogP contribution in [0.25, 0.3) is 0 Å². The van der Waals surface area contributed by atoms with Gasteiger partial charge in [0.15, 0.2) is 5.96 Å². The normalized spacial score (nSPS) is 15.8. The van der Waals surface area contributed by atoms with Crippen molar-refractivity contribution in [1.29, 1.82) is 0 Å². The lowest BCUT2D eigenvalue weighted by atomic mass is 9.83. The number of nitrogens with one attached hydrogen (secondary N) is 2. The van der Waals surface area contributed by atoms with Gasteiger partial charge < -0.3 is 29.6 Å². The van der Waals surface area contributed by atoms with E-state index in [9.17, 15) is 0 Å². The van der Waals surface area contributed by atoms with Crippen molar-refractivity contribution in [3.05, 3.63) is 17.7 Å². The maximum atomic E-state index is 5.54. The molecule has 0 bridgehead atoms. The summed E-state index contributed by atoms with van der Waals surface area (Å²) in [5, 5.41) is 6.91. The van der Waals surface area contributed by atoms with Crippen LogP contribution < -0.4 is 24.8 Å². The fourth-order valence-corrected chi connectivity index (χ4v) is 3.96. The highest BCUT2D eigenvalue weighted by molar-refractivity contribution is 5.79. The highest BCUT2D eigenvalue weighted by atomic mass is 16.5. The summed E-state index contributed by atoms with van der Waals surface area (Å²) in [5.74, 6) is 2.90. The summed E-state index contributed by atoms with van der Waals surface area (Å²) in [6.45, 7) is 5.02. The molecule has 1 aromatic rings. The Kier molecular flexibility index (Phi) is 9.38. The zero-order valence-electron chi connectivity index (χ0n) is 18.6. The van der Waals surface area contributed by atoms with Crippen molar-refractivity contribution < 1.29 is 18.9 Å². The molecule has 7 heteroatoms. The lowest BCUT2D eigenvalue weighted by molar-refractivity contribution is 0.138. The number of ether oxygens (including phenoxy) is 4. The highest BCUT2D eigenvalue weighted by Crippen LogP contribution is 2.40. The average molecular weight is 408 g/mol. The molecule has 29 heavy (non-hydrogen) atoms. The molecule has 0 aromatic heterocycles. The van der Waals surface area contributed by atoms with E-state index in [1.54, 1.807) is 28.4 Å². The lowest BCUT2D eigenvalue weighted by Crippen LogP contribution is -2.43. The predicted octanol–water partition coefficient (Wildman–Crippen LogP) is 3.36. The van der Waals surface area contributed by atoms with Crippen LogP contribution in [-0.4, -0.2) is 54.1 Å². The molecule has 2 N–H and O–H groups in total. The van der Waals surface area contributed by atoms with Crippen molar-refractivity contribution in [1.82, 2.24) is 10.6 Å². The largest absolute Gasteiger partial charge is 0.496 e. The van der Waals surface area contributed by atoms with Crippen LogP contribution in [0, 0.1) is 5.41 Å². The third kappa shape index (κ3) is 6.42. The molecule has 0 atom stereocenters. The summed E-state index contributed by atoms with van der Waals surface area (Å²) in [7, 11) is 6.69. The average Bonchev–Trinajstić information content (AvgIpc) is 3.22. The molecule has 7 nitrogen and oxygen atoms in total. The molecule has 0 radical (unpaired) electrons. The zero-order valence-corrected chi connectivity index (χ0v) is 18.6. The van der Waals surface area contributed by atoms with E-state index in [1.807, 2.05) is 12.1 Å². The zero-order chi connectivity index (χ0) is 21.1. The molecule has 0 saturated heterocycles. The van der Waals surface area contributed by atoms with E-state index in [0.717, 1.165) is 37.6 Å². The molecule has 0 heterocycles. The minimum Gasteiger partial charge on any atom is -0.496 e. The fraction of sp³-hybridized carbons (Fsp3) is 0.682. The summed E-state index contributed by atoms with van der Waals surface area (Å²) in [5.41, 5.74) is 1.18. The number of hydrogen-bond donors (Lipinski definition) is 2. The van der Waals surface area contributed by atoms with Crippen molar-refractivity contribution in [2.75, 3.05) is 48.1 Å². The van der Waals surface area contributed by atoms with Crippen LogP contribution in [0.4, 0.5) is 0 Å². The minimum absolute atomic E-state index is 0.293. The quantitative estimate of drug-likeness (QED) is 0.433. The van der Waals surface area contributed by atoms with Crippen molar-refractivity contribution in [2.45, 2.75) is 45.6 Å². The van der Waals surface area contributed by atoms with Gasteiger partial charge in [0.1, 0.15) is 17.2 Å². The first-order valence-corrected chi connectivity index (χ1v) is 10.4. The summed E-state index contributed by atoms with van der Waals surface area (Å²) in [4.78, 5) is 4.79. The fourth-order valence-electron chi connectivity index (χ4n) is 3.96. The Hall–Kier alpha value is -2.15. The van der Waals surface area contributed by atoms with Crippen LogP contribution in [0.3, 0.4) is 0 Å². The van der Waals surface area contributed by atoms with Crippen LogP contribution in [0.2, 0.25) is 0 Å². The van der Waals surface area contributed by atoms with Crippen molar-refractivity contribution in [2.24, 2.45) is 10.4 Å². The molecule has 164 valence electrons. The van der Waals surface area contributed by atoms with Crippen molar-refractivity contribution in [3.63, 3.8) is 0 Å². The van der Waals surface area contributed by atoms with Gasteiger partial charge in [0.05, 0.1) is 33.4 Å². The Morgan fingerprint density at radius 1 is 1.00 bits per heavy atom. The Bertz CT molecular complexity index is 632. The Morgan fingerprint density at radius 3 is 2.17 bits per heavy atom. The molecule has 1 aliphatic rings. The van der Waals surface area contributed by atoms with Gasteiger partial charge in [0, 0.05) is 38.9 Å². The number of hydrogen-bond acceptors (Lipinski definition) is 5. The van der Waals surface area contributed by atoms with Crippen molar-refractivity contribution in [3.8, 4) is 17.2 Å². The molecular weight excluding hydrogens is 370 g/mol. The third-order valence-electron chi connectivity index (χ3n) is 5.69. The molecule has 1 saturated carbocycles. The van der Waals surface area contributed by atoms with Crippen LogP contribution in [0.1, 0.15) is 44.6 Å². The number of guanidine groups is 1. The molecule has 0 amide bonds. The second kappa shape index (κ2) is 11.8. The maximum absolute atomic E-state index is 5.54. The molecule has 0 spiro atoms. The van der Waals surface area contributed by atoms with Gasteiger partial charge in [-0.15, -0.1) is 0 Å². The number of nitrogens with zero attached hydrogens (tertiary/aromatic N) is 1. The summed E-state index contributed by atoms with van der Waals surface area (Å²) in [6.07, 6.45) is 6.14. The third-order valence-corrected chi connectivity index (χ3v) is 5.69. The van der Waals surface area contributed by atoms with Gasteiger partial charge in [-0.2, -0.15) is 0 Å². The number of benzene rings is 1. The molecule has 1 aromatic carbocycles. The predicted molar refractivity (Wildman–Crippen MR) is 116 cm³/mol. The van der Waals surface area contributed by atoms with E-state index in [0.29, 0.717) is 29.2 Å². The summed E-state index contributed by atoms with van der Waals surface area (Å²) in [6, 6.07) is 3.71. The highest BCUT2D eigenvalue weighted by Gasteiger charge is 2.33. The molecule has 0 aliphatic heterocycles. The van der Waals surface area contributed by atoms with Gasteiger partial charge in [-0.05, 0) is 31.6 Å². The Labute approximate surface area is 175 Å². The molecule has 1 fully saturated rings. The second-order valence-corrected chi connectivity index (χ2v) is 7.51. The standard InChI is InChI=1S/C22H37N3O4/c1-6-23-21(25-16-22(11-12-26-2)9-7-8-10-22)24-15-18-19(28-4)13-17(27-3)14-20(18)29-5/h13-14H,6-12,15-16H2,1-5H3,(H2,23,24,25). The van der Waals surface area contributed by atoms with E-state index in [2.05, 4.69) is 17.6 Å². The van der Waals surface area contributed by atoms with Crippen LogP contribution >= 0.6 is 0 Å². The van der Waals surface area contributed by atoms with Crippen LogP contribution in [0.15, 0.2) is 17.1 Å². The van der Waals surface area contributed by atoms with Gasteiger partial charge in [-0.25, -0.2) is 4.99 Å². The Morgan fingerprint density at radius 2 is 1.66 bits per heavy atom. The molecule has 2 rings (SSSR count). The van der Waals surface area contributed by atoms with E-state index in [4.69, 9.17) is 23.9 Å². The smallest absolute Gasteiger partial charge is 0.191 e. The summed E-state index contributed by atoms with van der Waals surface area (Å²) < 4.78 is 21.8. The van der Waals surface area contributed by atoms with Gasteiger partial charge in [-0.1, -0.05) is 12.8 Å². The second-order valence-electron chi connectivity index (χ2n) is 7.51. The first-order valence-electron chi connectivity index (χ1n) is 10.4. The minimum atomic E-state index is 0.293. The SMILES string of the molecule is CCNC(=NCc1c(OC)cc(OC)cc1OC)NCC1(CCOC)CCCC1. The first-order chi connectivity index (χ1) is 14.1. The van der Waals surface area contributed by atoms with Gasteiger partial charge in [-0.3, -0.25) is 0 Å². The topological polar surface area (TPSA) is 73.3 Å². The van der Waals surface area contributed by atoms with Gasteiger partial charge in [0.2, 0.25) is 0 Å². The van der Waals surface area contributed by atoms with Crippen molar-refractivity contribution >= 4 is 5.96 Å². The lowest BCUT2D eigenvalue weighted by Gasteiger charge is -2.30. The number of rotatable bonds is 11. The molecular formula is C22H37N3O4.